The maximum absolute atomic E-state index is 12.0. The van der Waals surface area contributed by atoms with Gasteiger partial charge >= 0.3 is 12.1 Å². The van der Waals surface area contributed by atoms with Crippen LogP contribution >= 0.6 is 11.6 Å². The Morgan fingerprint density at radius 1 is 1.25 bits per heavy atom. The van der Waals surface area contributed by atoms with Crippen molar-refractivity contribution in [1.29, 1.82) is 0 Å². The Morgan fingerprint density at radius 3 is 2.33 bits per heavy atom. The van der Waals surface area contributed by atoms with Crippen LogP contribution in [-0.4, -0.2) is 37.0 Å². The Balaban J connectivity index is 3.14. The largest absolute Gasteiger partial charge is 0.493 e. The van der Waals surface area contributed by atoms with Crippen molar-refractivity contribution < 1.29 is 28.9 Å². The standard InChI is InChI=1S/C16H22ClNO6/c1-16(2,3)24-15(21)18-11(8-13(19)20)9-6-10(17)14(23-5)12(7-9)22-4/h6-7,11H,8H2,1-5H3,(H,18,21)(H,19,20)/t11-/m1/s1. The summed E-state index contributed by atoms with van der Waals surface area (Å²) in [6.45, 7) is 5.14. The number of ether oxygens (including phenoxy) is 3. The highest BCUT2D eigenvalue weighted by Crippen LogP contribution is 2.38. The van der Waals surface area contributed by atoms with Crippen molar-refractivity contribution in [2.24, 2.45) is 0 Å². The molecule has 0 aliphatic carbocycles. The number of rotatable bonds is 6. The summed E-state index contributed by atoms with van der Waals surface area (Å²) in [5.41, 5.74) is -0.237. The fourth-order valence-electron chi connectivity index (χ4n) is 2.02. The number of carbonyl (C=O) groups excluding carboxylic acids is 1. The van der Waals surface area contributed by atoms with Crippen LogP contribution in [0.25, 0.3) is 0 Å². The minimum absolute atomic E-state index is 0.244. The van der Waals surface area contributed by atoms with E-state index < -0.39 is 23.7 Å². The smallest absolute Gasteiger partial charge is 0.408 e. The predicted octanol–water partition coefficient (Wildman–Crippen LogP) is 3.40. The van der Waals surface area contributed by atoms with Crippen LogP contribution in [-0.2, 0) is 9.53 Å². The van der Waals surface area contributed by atoms with E-state index in [1.807, 2.05) is 0 Å². The molecular formula is C16H22ClNO6. The first-order valence-corrected chi connectivity index (χ1v) is 7.58. The topological polar surface area (TPSA) is 94.1 Å². The number of amides is 1. The maximum Gasteiger partial charge on any atom is 0.408 e. The van der Waals surface area contributed by atoms with Gasteiger partial charge in [-0.25, -0.2) is 4.79 Å². The summed E-state index contributed by atoms with van der Waals surface area (Å²) < 4.78 is 15.5. The van der Waals surface area contributed by atoms with Gasteiger partial charge in [0.25, 0.3) is 0 Å². The number of carboxylic acids is 1. The third kappa shape index (κ3) is 5.81. The van der Waals surface area contributed by atoms with E-state index in [0.717, 1.165) is 0 Å². The number of hydrogen-bond acceptors (Lipinski definition) is 5. The zero-order valence-corrected chi connectivity index (χ0v) is 15.1. The zero-order valence-electron chi connectivity index (χ0n) is 14.3. The molecule has 0 fully saturated rings. The van der Waals surface area contributed by atoms with Gasteiger partial charge in [-0.1, -0.05) is 11.6 Å². The van der Waals surface area contributed by atoms with E-state index in [2.05, 4.69) is 5.32 Å². The van der Waals surface area contributed by atoms with Crippen LogP contribution in [0.5, 0.6) is 11.5 Å². The van der Waals surface area contributed by atoms with Gasteiger partial charge < -0.3 is 24.6 Å². The van der Waals surface area contributed by atoms with Gasteiger partial charge in [0.2, 0.25) is 0 Å². The van der Waals surface area contributed by atoms with E-state index in [1.54, 1.807) is 26.8 Å². The molecule has 0 spiro atoms. The molecule has 0 bridgehead atoms. The quantitative estimate of drug-likeness (QED) is 0.808. The molecule has 0 saturated heterocycles. The first-order chi connectivity index (χ1) is 11.1. The number of methoxy groups -OCH3 is 2. The van der Waals surface area contributed by atoms with Gasteiger partial charge in [0, 0.05) is 0 Å². The molecule has 1 aromatic carbocycles. The summed E-state index contributed by atoms with van der Waals surface area (Å²) in [6.07, 6.45) is -1.06. The first kappa shape index (κ1) is 19.9. The van der Waals surface area contributed by atoms with Crippen molar-refractivity contribution in [2.45, 2.75) is 38.8 Å². The maximum atomic E-state index is 12.0. The Kier molecular flexibility index (Phi) is 6.71. The van der Waals surface area contributed by atoms with Crippen LogP contribution in [0.4, 0.5) is 4.79 Å². The Bertz CT molecular complexity index is 611. The average molecular weight is 360 g/mol. The summed E-state index contributed by atoms with van der Waals surface area (Å²) in [6, 6.07) is 2.25. The van der Waals surface area contributed by atoms with Crippen molar-refractivity contribution >= 4 is 23.7 Å². The van der Waals surface area contributed by atoms with E-state index in [9.17, 15) is 9.59 Å². The summed E-state index contributed by atoms with van der Waals surface area (Å²) in [7, 11) is 2.88. The first-order valence-electron chi connectivity index (χ1n) is 7.20. The van der Waals surface area contributed by atoms with Crippen LogP contribution in [0.1, 0.15) is 38.8 Å². The molecule has 1 aromatic rings. The van der Waals surface area contributed by atoms with Gasteiger partial charge in [0.1, 0.15) is 5.60 Å². The molecule has 24 heavy (non-hydrogen) atoms. The van der Waals surface area contributed by atoms with Crippen LogP contribution in [0.3, 0.4) is 0 Å². The molecule has 0 unspecified atom stereocenters. The van der Waals surface area contributed by atoms with Crippen molar-refractivity contribution in [2.75, 3.05) is 14.2 Å². The lowest BCUT2D eigenvalue weighted by Crippen LogP contribution is -2.35. The van der Waals surface area contributed by atoms with E-state index in [-0.39, 0.29) is 11.4 Å². The lowest BCUT2D eigenvalue weighted by Gasteiger charge is -2.24. The van der Waals surface area contributed by atoms with Crippen LogP contribution in [0, 0.1) is 0 Å². The highest BCUT2D eigenvalue weighted by molar-refractivity contribution is 6.32. The minimum Gasteiger partial charge on any atom is -0.493 e. The SMILES string of the molecule is COc1cc([C@@H](CC(=O)O)NC(=O)OC(C)(C)C)cc(Cl)c1OC. The highest BCUT2D eigenvalue weighted by Gasteiger charge is 2.24. The Morgan fingerprint density at radius 2 is 1.88 bits per heavy atom. The number of carboxylic acid groups (broad SMARTS) is 1. The molecule has 8 heteroatoms. The Labute approximate surface area is 145 Å². The lowest BCUT2D eigenvalue weighted by atomic mass is 10.0. The van der Waals surface area contributed by atoms with Crippen molar-refractivity contribution in [3.63, 3.8) is 0 Å². The van der Waals surface area contributed by atoms with E-state index >= 15 is 0 Å². The van der Waals surface area contributed by atoms with Crippen LogP contribution in [0.2, 0.25) is 5.02 Å². The molecule has 1 amide bonds. The molecule has 2 N–H and O–H groups in total. The lowest BCUT2D eigenvalue weighted by molar-refractivity contribution is -0.137. The number of halogens is 1. The molecule has 134 valence electrons. The van der Waals surface area contributed by atoms with Crippen LogP contribution < -0.4 is 14.8 Å². The molecule has 0 aromatic heterocycles. The number of alkyl carbamates (subject to hydrolysis) is 1. The molecule has 0 heterocycles. The van der Waals surface area contributed by atoms with Gasteiger partial charge in [-0.2, -0.15) is 0 Å². The fourth-order valence-corrected chi connectivity index (χ4v) is 2.31. The third-order valence-corrected chi connectivity index (χ3v) is 3.21. The molecular weight excluding hydrogens is 338 g/mol. The molecule has 0 aliphatic rings. The average Bonchev–Trinajstić information content (AvgIpc) is 2.43. The highest BCUT2D eigenvalue weighted by atomic mass is 35.5. The van der Waals surface area contributed by atoms with Crippen molar-refractivity contribution in [3.05, 3.63) is 22.7 Å². The van der Waals surface area contributed by atoms with Gasteiger partial charge in [-0.05, 0) is 38.5 Å². The summed E-state index contributed by atoms with van der Waals surface area (Å²) in [4.78, 5) is 23.1. The fraction of sp³-hybridized carbons (Fsp3) is 0.500. The molecule has 7 nitrogen and oxygen atoms in total. The molecule has 0 saturated carbocycles. The minimum atomic E-state index is -1.08. The number of aliphatic carboxylic acids is 1. The number of carbonyl (C=O) groups is 2. The second kappa shape index (κ2) is 8.10. The predicted molar refractivity (Wildman–Crippen MR) is 88.9 cm³/mol. The summed E-state index contributed by atoms with van der Waals surface area (Å²) in [5.74, 6) is -0.419. The van der Waals surface area contributed by atoms with E-state index in [4.69, 9.17) is 30.9 Å². The van der Waals surface area contributed by atoms with E-state index in [1.165, 1.54) is 20.3 Å². The second-order valence-corrected chi connectivity index (χ2v) is 6.44. The van der Waals surface area contributed by atoms with Crippen LogP contribution in [0.15, 0.2) is 12.1 Å². The monoisotopic (exact) mass is 359 g/mol. The number of hydrogen-bond donors (Lipinski definition) is 2. The zero-order chi connectivity index (χ0) is 18.5. The van der Waals surface area contributed by atoms with Gasteiger partial charge in [0.15, 0.2) is 11.5 Å². The number of benzene rings is 1. The van der Waals surface area contributed by atoms with Crippen molar-refractivity contribution in [1.82, 2.24) is 5.32 Å². The van der Waals surface area contributed by atoms with Gasteiger partial charge in [-0.15, -0.1) is 0 Å². The van der Waals surface area contributed by atoms with Gasteiger partial charge in [0.05, 0.1) is 31.7 Å². The molecule has 0 aliphatic heterocycles. The summed E-state index contributed by atoms with van der Waals surface area (Å²) in [5, 5.41) is 11.9. The number of nitrogens with one attached hydrogen (secondary N) is 1. The molecule has 1 atom stereocenters. The summed E-state index contributed by atoms with van der Waals surface area (Å²) >= 11 is 6.14. The van der Waals surface area contributed by atoms with Crippen molar-refractivity contribution in [3.8, 4) is 11.5 Å². The third-order valence-electron chi connectivity index (χ3n) is 2.93. The second-order valence-electron chi connectivity index (χ2n) is 6.03. The Hall–Kier alpha value is -2.15. The van der Waals surface area contributed by atoms with Gasteiger partial charge in [-0.3, -0.25) is 4.79 Å². The van der Waals surface area contributed by atoms with E-state index in [0.29, 0.717) is 17.1 Å². The molecule has 1 rings (SSSR count). The molecule has 0 radical (unpaired) electrons. The normalized spacial score (nSPS) is 12.2.